The smallest absolute Gasteiger partial charge is 0.321 e. The van der Waals surface area contributed by atoms with Crippen LogP contribution in [0, 0.1) is 0 Å². The molecule has 0 amide bonds. The van der Waals surface area contributed by atoms with Crippen molar-refractivity contribution in [3.05, 3.63) is 71.4 Å². The summed E-state index contributed by atoms with van der Waals surface area (Å²) in [6.45, 7) is 2.72. The maximum absolute atomic E-state index is 11.9. The summed E-state index contributed by atoms with van der Waals surface area (Å²) in [5.41, 5.74) is 4.51. The fourth-order valence-electron chi connectivity index (χ4n) is 3.81. The van der Waals surface area contributed by atoms with E-state index in [0.29, 0.717) is 13.0 Å². The van der Waals surface area contributed by atoms with Gasteiger partial charge in [-0.15, -0.1) is 0 Å². The van der Waals surface area contributed by atoms with Crippen molar-refractivity contribution in [2.75, 3.05) is 0 Å². The average molecular weight is 320 g/mol. The minimum atomic E-state index is -0.756. The first kappa shape index (κ1) is 15.0. The molecule has 2 aromatic carbocycles. The lowest BCUT2D eigenvalue weighted by Crippen LogP contribution is -2.46. The molecule has 0 unspecified atom stereocenters. The van der Waals surface area contributed by atoms with Crippen LogP contribution < -0.4 is 0 Å². The number of carbonyl (C=O) groups is 1. The molecule has 0 bridgehead atoms. The quantitative estimate of drug-likeness (QED) is 0.773. The number of H-pyrrole nitrogens is 1. The molecular formula is C20H20N2O2. The van der Waals surface area contributed by atoms with Crippen LogP contribution in [0.3, 0.4) is 0 Å². The summed E-state index contributed by atoms with van der Waals surface area (Å²) >= 11 is 0. The third kappa shape index (κ3) is 2.39. The molecule has 2 atom stereocenters. The van der Waals surface area contributed by atoms with Gasteiger partial charge in [0.2, 0.25) is 0 Å². The van der Waals surface area contributed by atoms with Gasteiger partial charge < -0.3 is 10.1 Å². The van der Waals surface area contributed by atoms with E-state index in [-0.39, 0.29) is 6.04 Å². The maximum Gasteiger partial charge on any atom is 0.321 e. The summed E-state index contributed by atoms with van der Waals surface area (Å²) in [4.78, 5) is 17.5. The molecule has 1 aromatic heterocycles. The molecule has 0 fully saturated rings. The Balaban J connectivity index is 1.77. The number of nitrogens with one attached hydrogen (secondary N) is 1. The molecule has 0 radical (unpaired) electrons. The minimum Gasteiger partial charge on any atom is -0.480 e. The Kier molecular flexibility index (Phi) is 3.62. The van der Waals surface area contributed by atoms with Crippen LogP contribution in [-0.2, 0) is 17.8 Å². The molecule has 4 heteroatoms. The molecule has 0 spiro atoms. The third-order valence-corrected chi connectivity index (χ3v) is 5.05. The molecule has 24 heavy (non-hydrogen) atoms. The van der Waals surface area contributed by atoms with Gasteiger partial charge >= 0.3 is 5.97 Å². The van der Waals surface area contributed by atoms with Gasteiger partial charge in [-0.25, -0.2) is 0 Å². The number of carboxylic acids is 1. The maximum atomic E-state index is 11.9. The van der Waals surface area contributed by atoms with Crippen LogP contribution in [0.4, 0.5) is 0 Å². The Morgan fingerprint density at radius 3 is 2.62 bits per heavy atom. The lowest BCUT2D eigenvalue weighted by Gasteiger charge is -2.38. The molecule has 0 saturated heterocycles. The van der Waals surface area contributed by atoms with E-state index in [9.17, 15) is 9.90 Å². The molecule has 4 rings (SSSR count). The van der Waals surface area contributed by atoms with Gasteiger partial charge in [0.15, 0.2) is 0 Å². The Hall–Kier alpha value is -2.59. The number of nitrogens with zero attached hydrogens (tertiary/aromatic N) is 1. The van der Waals surface area contributed by atoms with Crippen molar-refractivity contribution in [3.8, 4) is 0 Å². The highest BCUT2D eigenvalue weighted by molar-refractivity contribution is 5.86. The van der Waals surface area contributed by atoms with Gasteiger partial charge in [0.05, 0.1) is 0 Å². The Labute approximate surface area is 140 Å². The highest BCUT2D eigenvalue weighted by Crippen LogP contribution is 2.37. The molecule has 0 aliphatic carbocycles. The molecule has 3 aromatic rings. The van der Waals surface area contributed by atoms with E-state index in [1.165, 1.54) is 0 Å². The van der Waals surface area contributed by atoms with Gasteiger partial charge in [-0.05, 0) is 24.1 Å². The first-order valence-electron chi connectivity index (χ1n) is 8.27. The minimum absolute atomic E-state index is 0.0301. The molecular weight excluding hydrogens is 300 g/mol. The summed E-state index contributed by atoms with van der Waals surface area (Å²) in [6, 6.07) is 17.7. The summed E-state index contributed by atoms with van der Waals surface area (Å²) in [5.74, 6) is -0.756. The predicted octanol–water partition coefficient (Wildman–Crippen LogP) is 3.74. The number of carboxylic acid groups (broad SMARTS) is 1. The highest BCUT2D eigenvalue weighted by Gasteiger charge is 2.37. The van der Waals surface area contributed by atoms with E-state index in [0.717, 1.165) is 27.7 Å². The van der Waals surface area contributed by atoms with Crippen molar-refractivity contribution in [1.82, 2.24) is 9.88 Å². The van der Waals surface area contributed by atoms with Crippen LogP contribution in [-0.4, -0.2) is 27.0 Å². The summed E-state index contributed by atoms with van der Waals surface area (Å²) in [7, 11) is 0. The van der Waals surface area contributed by atoms with E-state index in [1.54, 1.807) is 0 Å². The standard InChI is InChI=1S/C20H20N2O2/c1-13-19-16(15-9-5-6-10-17(15)21-19)11-18(20(23)24)22(13)12-14-7-3-2-4-8-14/h2-10,13,18,21H,11-12H2,1H3,(H,23,24)/t13-,18+/m0/s1. The average Bonchev–Trinajstić information content (AvgIpc) is 2.97. The van der Waals surface area contributed by atoms with Crippen molar-refractivity contribution in [1.29, 1.82) is 0 Å². The van der Waals surface area contributed by atoms with Gasteiger partial charge in [0, 0.05) is 35.6 Å². The lowest BCUT2D eigenvalue weighted by molar-refractivity contribution is -0.145. The second-order valence-corrected chi connectivity index (χ2v) is 6.45. The largest absolute Gasteiger partial charge is 0.480 e. The number of aliphatic carboxylic acids is 1. The van der Waals surface area contributed by atoms with Crippen molar-refractivity contribution in [3.63, 3.8) is 0 Å². The number of benzene rings is 2. The number of para-hydroxylation sites is 1. The van der Waals surface area contributed by atoms with Gasteiger partial charge in [0.1, 0.15) is 6.04 Å². The SMILES string of the molecule is C[C@H]1c2[nH]c3ccccc3c2C[C@H](C(=O)O)N1Cc1ccccc1. The van der Waals surface area contributed by atoms with E-state index in [1.807, 2.05) is 42.5 Å². The van der Waals surface area contributed by atoms with Gasteiger partial charge in [-0.3, -0.25) is 9.69 Å². The van der Waals surface area contributed by atoms with Crippen LogP contribution in [0.2, 0.25) is 0 Å². The second-order valence-electron chi connectivity index (χ2n) is 6.45. The third-order valence-electron chi connectivity index (χ3n) is 5.05. The van der Waals surface area contributed by atoms with Crippen LogP contribution >= 0.6 is 0 Å². The Morgan fingerprint density at radius 1 is 1.17 bits per heavy atom. The van der Waals surface area contributed by atoms with Crippen molar-refractivity contribution >= 4 is 16.9 Å². The van der Waals surface area contributed by atoms with E-state index >= 15 is 0 Å². The number of aromatic nitrogens is 1. The summed E-state index contributed by atoms with van der Waals surface area (Å²) in [6.07, 6.45) is 0.534. The van der Waals surface area contributed by atoms with Gasteiger partial charge in [-0.1, -0.05) is 48.5 Å². The number of hydrogen-bond donors (Lipinski definition) is 2. The van der Waals surface area contributed by atoms with Crippen molar-refractivity contribution in [2.24, 2.45) is 0 Å². The van der Waals surface area contributed by atoms with Crippen LogP contribution in [0.1, 0.15) is 29.8 Å². The van der Waals surface area contributed by atoms with Gasteiger partial charge in [0.25, 0.3) is 0 Å². The number of hydrogen-bond acceptors (Lipinski definition) is 2. The molecule has 4 nitrogen and oxygen atoms in total. The van der Waals surface area contributed by atoms with E-state index in [4.69, 9.17) is 0 Å². The molecule has 122 valence electrons. The normalized spacial score (nSPS) is 20.9. The first-order chi connectivity index (χ1) is 11.6. The Morgan fingerprint density at radius 2 is 1.88 bits per heavy atom. The van der Waals surface area contributed by atoms with Crippen LogP contribution in [0.15, 0.2) is 54.6 Å². The summed E-state index contributed by atoms with van der Waals surface area (Å²) < 4.78 is 0. The molecule has 1 aliphatic rings. The first-order valence-corrected chi connectivity index (χ1v) is 8.27. The predicted molar refractivity (Wildman–Crippen MR) is 93.8 cm³/mol. The Bertz CT molecular complexity index is 885. The van der Waals surface area contributed by atoms with E-state index in [2.05, 4.69) is 28.9 Å². The summed E-state index contributed by atoms with van der Waals surface area (Å²) in [5, 5.41) is 10.9. The fraction of sp³-hybridized carbons (Fsp3) is 0.250. The molecule has 1 aliphatic heterocycles. The number of rotatable bonds is 3. The van der Waals surface area contributed by atoms with Crippen LogP contribution in [0.5, 0.6) is 0 Å². The number of aromatic amines is 1. The topological polar surface area (TPSA) is 56.3 Å². The monoisotopic (exact) mass is 320 g/mol. The zero-order chi connectivity index (χ0) is 16.7. The van der Waals surface area contributed by atoms with E-state index < -0.39 is 12.0 Å². The van der Waals surface area contributed by atoms with Crippen molar-refractivity contribution in [2.45, 2.75) is 32.0 Å². The zero-order valence-electron chi connectivity index (χ0n) is 13.6. The van der Waals surface area contributed by atoms with Gasteiger partial charge in [-0.2, -0.15) is 0 Å². The van der Waals surface area contributed by atoms with Crippen molar-refractivity contribution < 1.29 is 9.90 Å². The fourth-order valence-corrected chi connectivity index (χ4v) is 3.81. The molecule has 0 saturated carbocycles. The lowest BCUT2D eigenvalue weighted by atomic mass is 9.91. The molecule has 2 heterocycles. The zero-order valence-corrected chi connectivity index (χ0v) is 13.6. The number of fused-ring (bicyclic) bond motifs is 3. The van der Waals surface area contributed by atoms with Crippen LogP contribution in [0.25, 0.3) is 10.9 Å². The highest BCUT2D eigenvalue weighted by atomic mass is 16.4. The second kappa shape index (κ2) is 5.80. The molecule has 2 N–H and O–H groups in total.